The van der Waals surface area contributed by atoms with Crippen LogP contribution >= 0.6 is 0 Å². The predicted molar refractivity (Wildman–Crippen MR) is 59.0 cm³/mol. The van der Waals surface area contributed by atoms with E-state index in [1.807, 2.05) is 26.1 Å². The van der Waals surface area contributed by atoms with Crippen LogP contribution in [-0.4, -0.2) is 6.21 Å². The van der Waals surface area contributed by atoms with Gasteiger partial charge >= 0.3 is 0 Å². The maximum absolute atomic E-state index is 4.29. The highest BCUT2D eigenvalue weighted by Crippen LogP contribution is 2.16. The Labute approximate surface area is 79.8 Å². The van der Waals surface area contributed by atoms with Crippen molar-refractivity contribution in [2.45, 2.75) is 20.8 Å². The van der Waals surface area contributed by atoms with Gasteiger partial charge in [0.05, 0.1) is 5.70 Å². The van der Waals surface area contributed by atoms with Gasteiger partial charge in [0.15, 0.2) is 0 Å². The zero-order valence-electron chi connectivity index (χ0n) is 8.41. The molecule has 0 amide bonds. The van der Waals surface area contributed by atoms with Crippen molar-refractivity contribution >= 4 is 11.9 Å². The van der Waals surface area contributed by atoms with E-state index in [4.69, 9.17) is 0 Å². The van der Waals surface area contributed by atoms with Crippen molar-refractivity contribution in [2.75, 3.05) is 0 Å². The molecule has 0 aliphatic heterocycles. The van der Waals surface area contributed by atoms with Crippen molar-refractivity contribution in [2.24, 2.45) is 4.99 Å². The molecule has 13 heavy (non-hydrogen) atoms. The molecule has 1 heteroatoms. The smallest absolute Gasteiger partial charge is 0.0655 e. The zero-order valence-corrected chi connectivity index (χ0v) is 8.41. The lowest BCUT2D eigenvalue weighted by molar-refractivity contribution is 1.41. The minimum Gasteiger partial charge on any atom is -0.261 e. The molecule has 0 aromatic heterocycles. The van der Waals surface area contributed by atoms with Gasteiger partial charge in [0, 0.05) is 11.8 Å². The van der Waals surface area contributed by atoms with Gasteiger partial charge < -0.3 is 0 Å². The molecule has 0 atom stereocenters. The molecular formula is C12H15N. The number of rotatable bonds is 2. The van der Waals surface area contributed by atoms with Crippen molar-refractivity contribution in [3.05, 3.63) is 41.5 Å². The van der Waals surface area contributed by atoms with Gasteiger partial charge in [0.2, 0.25) is 0 Å². The molecule has 0 radical (unpaired) electrons. The fourth-order valence-corrected chi connectivity index (χ4v) is 1.26. The Hall–Kier alpha value is -1.37. The van der Waals surface area contributed by atoms with Gasteiger partial charge in [-0.1, -0.05) is 29.8 Å². The second kappa shape index (κ2) is 4.61. The minimum absolute atomic E-state index is 1.03. The summed E-state index contributed by atoms with van der Waals surface area (Å²) in [6, 6.07) is 8.36. The Morgan fingerprint density at radius 1 is 1.31 bits per heavy atom. The summed E-state index contributed by atoms with van der Waals surface area (Å²) >= 11 is 0. The van der Waals surface area contributed by atoms with Crippen molar-refractivity contribution < 1.29 is 0 Å². The summed E-state index contributed by atoms with van der Waals surface area (Å²) in [5.41, 5.74) is 3.48. The highest BCUT2D eigenvalue weighted by atomic mass is 14.7. The molecule has 0 saturated heterocycles. The van der Waals surface area contributed by atoms with E-state index < -0.39 is 0 Å². The summed E-state index contributed by atoms with van der Waals surface area (Å²) in [5.74, 6) is 0. The molecule has 0 spiro atoms. The average molecular weight is 173 g/mol. The first-order chi connectivity index (χ1) is 6.27. The lowest BCUT2D eigenvalue weighted by atomic mass is 10.1. The Balaban J connectivity index is 3.06. The molecule has 1 aromatic rings. The summed E-state index contributed by atoms with van der Waals surface area (Å²) in [5, 5.41) is 0. The standard InChI is InChI=1S/C12H15N/c1-4-12(13-5-2)11-8-6-7-10(3)9-11/h4-9H,1-3H3/b12-4-,13-5-. The number of aliphatic imine (C=N–C) groups is 1. The lowest BCUT2D eigenvalue weighted by Gasteiger charge is -2.01. The fraction of sp³-hybridized carbons (Fsp3) is 0.250. The molecule has 0 unspecified atom stereocenters. The number of allylic oxidation sites excluding steroid dienone is 1. The van der Waals surface area contributed by atoms with Crippen molar-refractivity contribution in [1.82, 2.24) is 0 Å². The third-order valence-corrected chi connectivity index (χ3v) is 1.86. The molecule has 1 rings (SSSR count). The molecule has 0 aliphatic carbocycles. The number of aryl methyl sites for hydroxylation is 1. The predicted octanol–water partition coefficient (Wildman–Crippen LogP) is 3.45. The van der Waals surface area contributed by atoms with Crippen LogP contribution in [0.3, 0.4) is 0 Å². The topological polar surface area (TPSA) is 12.4 Å². The second-order valence-electron chi connectivity index (χ2n) is 2.93. The van der Waals surface area contributed by atoms with E-state index in [2.05, 4.69) is 36.2 Å². The Bertz CT molecular complexity index is 335. The normalized spacial score (nSPS) is 12.4. The second-order valence-corrected chi connectivity index (χ2v) is 2.93. The molecule has 1 aromatic carbocycles. The van der Waals surface area contributed by atoms with Gasteiger partial charge in [-0.15, -0.1) is 0 Å². The minimum atomic E-state index is 1.03. The summed E-state index contributed by atoms with van der Waals surface area (Å²) in [6.07, 6.45) is 3.84. The molecular weight excluding hydrogens is 158 g/mol. The summed E-state index contributed by atoms with van der Waals surface area (Å²) < 4.78 is 0. The van der Waals surface area contributed by atoms with E-state index >= 15 is 0 Å². The van der Waals surface area contributed by atoms with Crippen LogP contribution in [-0.2, 0) is 0 Å². The average Bonchev–Trinajstić information content (AvgIpc) is 2.14. The number of nitrogens with zero attached hydrogens (tertiary/aromatic N) is 1. The van der Waals surface area contributed by atoms with Crippen molar-refractivity contribution in [1.29, 1.82) is 0 Å². The number of hydrogen-bond acceptors (Lipinski definition) is 1. The highest BCUT2D eigenvalue weighted by Gasteiger charge is 1.96. The first kappa shape index (κ1) is 9.72. The van der Waals surface area contributed by atoms with E-state index in [1.54, 1.807) is 0 Å². The number of hydrogen-bond donors (Lipinski definition) is 0. The SMILES string of the molecule is C/C=N\C(=C/C)c1cccc(C)c1. The van der Waals surface area contributed by atoms with Gasteiger partial charge in [-0.3, -0.25) is 4.99 Å². The molecule has 0 saturated carbocycles. The fourth-order valence-electron chi connectivity index (χ4n) is 1.26. The van der Waals surface area contributed by atoms with Crippen LogP contribution in [0.4, 0.5) is 0 Å². The van der Waals surface area contributed by atoms with E-state index in [0.29, 0.717) is 0 Å². The zero-order chi connectivity index (χ0) is 9.68. The third kappa shape index (κ3) is 2.55. The van der Waals surface area contributed by atoms with E-state index in [-0.39, 0.29) is 0 Å². The molecule has 0 heterocycles. The highest BCUT2D eigenvalue weighted by molar-refractivity contribution is 5.72. The van der Waals surface area contributed by atoms with Gasteiger partial charge in [-0.2, -0.15) is 0 Å². The van der Waals surface area contributed by atoms with Gasteiger partial charge in [-0.05, 0) is 26.8 Å². The van der Waals surface area contributed by atoms with E-state index in [1.165, 1.54) is 11.1 Å². The van der Waals surface area contributed by atoms with E-state index in [0.717, 1.165) is 5.70 Å². The van der Waals surface area contributed by atoms with Crippen LogP contribution in [0.1, 0.15) is 25.0 Å². The molecule has 1 nitrogen and oxygen atoms in total. The Kier molecular flexibility index (Phi) is 3.44. The van der Waals surface area contributed by atoms with Gasteiger partial charge in [-0.25, -0.2) is 0 Å². The molecule has 68 valence electrons. The Morgan fingerprint density at radius 2 is 2.08 bits per heavy atom. The molecule has 0 aliphatic rings. The maximum atomic E-state index is 4.29. The van der Waals surface area contributed by atoms with Gasteiger partial charge in [0.1, 0.15) is 0 Å². The summed E-state index contributed by atoms with van der Waals surface area (Å²) in [6.45, 7) is 6.02. The first-order valence-corrected chi connectivity index (χ1v) is 4.50. The molecule has 0 bridgehead atoms. The van der Waals surface area contributed by atoms with Crippen molar-refractivity contribution in [3.63, 3.8) is 0 Å². The van der Waals surface area contributed by atoms with Gasteiger partial charge in [0.25, 0.3) is 0 Å². The van der Waals surface area contributed by atoms with Crippen LogP contribution < -0.4 is 0 Å². The van der Waals surface area contributed by atoms with E-state index in [9.17, 15) is 0 Å². The van der Waals surface area contributed by atoms with Crippen LogP contribution in [0.15, 0.2) is 35.3 Å². The summed E-state index contributed by atoms with van der Waals surface area (Å²) in [7, 11) is 0. The molecule has 0 N–H and O–H groups in total. The number of benzene rings is 1. The van der Waals surface area contributed by atoms with Crippen molar-refractivity contribution in [3.8, 4) is 0 Å². The monoisotopic (exact) mass is 173 g/mol. The maximum Gasteiger partial charge on any atom is 0.0655 e. The summed E-state index contributed by atoms with van der Waals surface area (Å²) in [4.78, 5) is 4.29. The quantitative estimate of drug-likeness (QED) is 0.607. The largest absolute Gasteiger partial charge is 0.261 e. The lowest BCUT2D eigenvalue weighted by Crippen LogP contribution is -1.82. The van der Waals surface area contributed by atoms with Crippen LogP contribution in [0.5, 0.6) is 0 Å². The first-order valence-electron chi connectivity index (χ1n) is 4.50. The van der Waals surface area contributed by atoms with Crippen LogP contribution in [0.2, 0.25) is 0 Å². The van der Waals surface area contributed by atoms with Crippen LogP contribution in [0, 0.1) is 6.92 Å². The Morgan fingerprint density at radius 3 is 2.62 bits per heavy atom. The van der Waals surface area contributed by atoms with Crippen LogP contribution in [0.25, 0.3) is 5.70 Å². The molecule has 0 fully saturated rings. The third-order valence-electron chi connectivity index (χ3n) is 1.86.